The molecule has 1 aliphatic rings. The molecule has 4 nitrogen and oxygen atoms in total. The molecule has 9 heteroatoms. The second-order valence-electron chi connectivity index (χ2n) is 5.36. The molecule has 0 saturated heterocycles. The molecule has 1 aromatic rings. The Labute approximate surface area is 123 Å². The minimum atomic E-state index is -4.92. The molecule has 1 N–H and O–H groups in total. The summed E-state index contributed by atoms with van der Waals surface area (Å²) in [5.74, 6) is -3.61. The second kappa shape index (κ2) is 5.50. The normalized spacial score (nSPS) is 22.0. The SMILES string of the molecule is [C-]#[N+][C@H](C)CCn1nc(C(F)(F)F)c2c1CCC(F)(F)[C@H]2O. The van der Waals surface area contributed by atoms with Crippen LogP contribution in [0.15, 0.2) is 0 Å². The van der Waals surface area contributed by atoms with E-state index in [1.165, 1.54) is 0 Å². The number of aliphatic hydroxyl groups excluding tert-OH is 1. The van der Waals surface area contributed by atoms with Crippen LogP contribution in [0, 0.1) is 6.57 Å². The van der Waals surface area contributed by atoms with Gasteiger partial charge in [0.05, 0.1) is 0 Å². The molecule has 0 amide bonds. The van der Waals surface area contributed by atoms with Crippen LogP contribution in [0.5, 0.6) is 0 Å². The zero-order chi connectivity index (χ0) is 16.7. The van der Waals surface area contributed by atoms with Gasteiger partial charge in [-0.1, -0.05) is 0 Å². The molecule has 0 unspecified atom stereocenters. The minimum Gasteiger partial charge on any atom is -0.382 e. The lowest BCUT2D eigenvalue weighted by Gasteiger charge is -2.28. The van der Waals surface area contributed by atoms with E-state index in [9.17, 15) is 27.1 Å². The highest BCUT2D eigenvalue weighted by molar-refractivity contribution is 5.35. The van der Waals surface area contributed by atoms with Gasteiger partial charge in [-0.2, -0.15) is 18.3 Å². The van der Waals surface area contributed by atoms with Gasteiger partial charge in [-0.25, -0.2) is 15.4 Å². The first-order valence-corrected chi connectivity index (χ1v) is 6.67. The molecule has 0 saturated carbocycles. The Hall–Kier alpha value is -1.69. The van der Waals surface area contributed by atoms with Crippen LogP contribution >= 0.6 is 0 Å². The summed E-state index contributed by atoms with van der Waals surface area (Å²) in [5, 5.41) is 13.0. The number of aliphatic hydroxyl groups is 1. The smallest absolute Gasteiger partial charge is 0.382 e. The third-order valence-corrected chi connectivity index (χ3v) is 3.71. The van der Waals surface area contributed by atoms with Crippen molar-refractivity contribution in [2.75, 3.05) is 0 Å². The van der Waals surface area contributed by atoms with E-state index in [2.05, 4.69) is 9.94 Å². The fourth-order valence-corrected chi connectivity index (χ4v) is 2.46. The lowest BCUT2D eigenvalue weighted by Crippen LogP contribution is -2.33. The summed E-state index contributed by atoms with van der Waals surface area (Å²) < 4.78 is 67.1. The molecular formula is C13H14F5N3O. The summed E-state index contributed by atoms with van der Waals surface area (Å²) in [5.41, 5.74) is -2.33. The van der Waals surface area contributed by atoms with Crippen LogP contribution in [0.1, 0.15) is 42.8 Å². The van der Waals surface area contributed by atoms with Crippen LogP contribution < -0.4 is 0 Å². The Morgan fingerprint density at radius 2 is 2.14 bits per heavy atom. The summed E-state index contributed by atoms with van der Waals surface area (Å²) >= 11 is 0. The van der Waals surface area contributed by atoms with E-state index >= 15 is 0 Å². The number of fused-ring (bicyclic) bond motifs is 1. The Morgan fingerprint density at radius 1 is 1.50 bits per heavy atom. The molecule has 0 bridgehead atoms. The van der Waals surface area contributed by atoms with E-state index in [1.807, 2.05) is 0 Å². The summed E-state index contributed by atoms with van der Waals surface area (Å²) in [6, 6.07) is -0.413. The zero-order valence-corrected chi connectivity index (χ0v) is 11.7. The molecule has 0 radical (unpaired) electrons. The van der Waals surface area contributed by atoms with Crippen LogP contribution in [-0.4, -0.2) is 26.9 Å². The highest BCUT2D eigenvalue weighted by atomic mass is 19.4. The quantitative estimate of drug-likeness (QED) is 0.685. The van der Waals surface area contributed by atoms with Crippen LogP contribution in [0.2, 0.25) is 0 Å². The van der Waals surface area contributed by atoms with Crippen molar-refractivity contribution in [2.24, 2.45) is 0 Å². The molecule has 1 heterocycles. The maximum atomic E-state index is 13.5. The van der Waals surface area contributed by atoms with E-state index in [-0.39, 0.29) is 25.1 Å². The van der Waals surface area contributed by atoms with Crippen molar-refractivity contribution in [3.63, 3.8) is 0 Å². The van der Waals surface area contributed by atoms with Crippen LogP contribution in [0.25, 0.3) is 4.85 Å². The lowest BCUT2D eigenvalue weighted by atomic mass is 9.89. The molecule has 0 aromatic carbocycles. The van der Waals surface area contributed by atoms with E-state index in [0.29, 0.717) is 0 Å². The van der Waals surface area contributed by atoms with E-state index < -0.39 is 41.9 Å². The third kappa shape index (κ3) is 2.92. The maximum Gasteiger partial charge on any atom is 0.435 e. The van der Waals surface area contributed by atoms with Crippen molar-refractivity contribution in [3.05, 3.63) is 28.4 Å². The standard InChI is InChI=1S/C13H14F5N3O/c1-7(19-2)4-6-21-8-3-5-12(14,15)11(22)9(8)10(20-21)13(16,17)18/h7,11,22H,3-6H2,1H3/t7-,11+/m1/s1. The minimum absolute atomic E-state index is 0.0141. The topological polar surface area (TPSA) is 42.4 Å². The lowest BCUT2D eigenvalue weighted by molar-refractivity contribution is -0.150. The summed E-state index contributed by atoms with van der Waals surface area (Å²) in [7, 11) is 0. The number of hydrogen-bond acceptors (Lipinski definition) is 2. The average molecular weight is 323 g/mol. The fraction of sp³-hybridized carbons (Fsp3) is 0.692. The summed E-state index contributed by atoms with van der Waals surface area (Å²) in [6.07, 6.45) is -8.21. The number of rotatable bonds is 3. The van der Waals surface area contributed by atoms with Gasteiger partial charge in [0.15, 0.2) is 5.69 Å². The van der Waals surface area contributed by atoms with Gasteiger partial charge in [0.25, 0.3) is 5.92 Å². The first-order valence-electron chi connectivity index (χ1n) is 6.67. The number of halogens is 5. The van der Waals surface area contributed by atoms with Gasteiger partial charge in [-0.05, 0) is 6.42 Å². The van der Waals surface area contributed by atoms with E-state index in [1.54, 1.807) is 6.92 Å². The van der Waals surface area contributed by atoms with Crippen molar-refractivity contribution >= 4 is 0 Å². The maximum absolute atomic E-state index is 13.5. The average Bonchev–Trinajstić information content (AvgIpc) is 2.79. The van der Waals surface area contributed by atoms with Crippen molar-refractivity contribution in [1.29, 1.82) is 0 Å². The summed E-state index contributed by atoms with van der Waals surface area (Å²) in [6.45, 7) is 8.45. The molecule has 1 aliphatic carbocycles. The number of alkyl halides is 5. The molecule has 122 valence electrons. The van der Waals surface area contributed by atoms with Crippen LogP contribution in [0.4, 0.5) is 22.0 Å². The number of hydrogen-bond donors (Lipinski definition) is 1. The van der Waals surface area contributed by atoms with Gasteiger partial charge in [-0.3, -0.25) is 4.68 Å². The predicted octanol–water partition coefficient (Wildman–Crippen LogP) is 3.21. The van der Waals surface area contributed by atoms with Gasteiger partial charge in [0.2, 0.25) is 6.04 Å². The molecular weight excluding hydrogens is 309 g/mol. The van der Waals surface area contributed by atoms with Crippen molar-refractivity contribution < 1.29 is 27.1 Å². The highest BCUT2D eigenvalue weighted by Gasteiger charge is 2.51. The predicted molar refractivity (Wildman–Crippen MR) is 66.1 cm³/mol. The van der Waals surface area contributed by atoms with Crippen LogP contribution in [-0.2, 0) is 19.1 Å². The van der Waals surface area contributed by atoms with Gasteiger partial charge < -0.3 is 9.95 Å². The number of aromatic nitrogens is 2. The Bertz CT molecular complexity index is 602. The molecule has 22 heavy (non-hydrogen) atoms. The molecule has 0 spiro atoms. The van der Waals surface area contributed by atoms with Crippen molar-refractivity contribution in [3.8, 4) is 0 Å². The first kappa shape index (κ1) is 16.7. The monoisotopic (exact) mass is 323 g/mol. The molecule has 2 atom stereocenters. The largest absolute Gasteiger partial charge is 0.435 e. The van der Waals surface area contributed by atoms with Gasteiger partial charge in [0, 0.05) is 37.6 Å². The first-order chi connectivity index (χ1) is 10.1. The van der Waals surface area contributed by atoms with Gasteiger partial charge in [-0.15, -0.1) is 0 Å². The van der Waals surface area contributed by atoms with Crippen molar-refractivity contribution in [1.82, 2.24) is 9.78 Å². The van der Waals surface area contributed by atoms with Crippen LogP contribution in [0.3, 0.4) is 0 Å². The van der Waals surface area contributed by atoms with Gasteiger partial charge in [0.1, 0.15) is 6.10 Å². The fourth-order valence-electron chi connectivity index (χ4n) is 2.46. The summed E-state index contributed by atoms with van der Waals surface area (Å²) in [4.78, 5) is 3.23. The number of aryl methyl sites for hydroxylation is 1. The third-order valence-electron chi connectivity index (χ3n) is 3.71. The second-order valence-corrected chi connectivity index (χ2v) is 5.36. The van der Waals surface area contributed by atoms with Gasteiger partial charge >= 0.3 is 6.18 Å². The Kier molecular flexibility index (Phi) is 4.17. The molecule has 0 aliphatic heterocycles. The molecule has 2 rings (SSSR count). The van der Waals surface area contributed by atoms with E-state index in [4.69, 9.17) is 6.57 Å². The Balaban J connectivity index is 2.45. The number of nitrogens with zero attached hydrogens (tertiary/aromatic N) is 3. The Morgan fingerprint density at radius 3 is 2.68 bits per heavy atom. The molecule has 1 aromatic heterocycles. The molecule has 0 fully saturated rings. The van der Waals surface area contributed by atoms with Crippen molar-refractivity contribution in [2.45, 2.75) is 57.0 Å². The highest BCUT2D eigenvalue weighted by Crippen LogP contribution is 2.46. The van der Waals surface area contributed by atoms with E-state index in [0.717, 1.165) is 4.68 Å². The zero-order valence-electron chi connectivity index (χ0n) is 11.7.